The van der Waals surface area contributed by atoms with Gasteiger partial charge in [0.15, 0.2) is 0 Å². The van der Waals surface area contributed by atoms with Crippen LogP contribution in [0.15, 0.2) is 0 Å². The molecule has 0 bridgehead atoms. The average Bonchev–Trinajstić information content (AvgIpc) is 3.21. The van der Waals surface area contributed by atoms with Crippen LogP contribution in [0.2, 0.25) is 0 Å². The highest BCUT2D eigenvalue weighted by atomic mass is 16.5. The molecular formula is C18H32N2O10. The van der Waals surface area contributed by atoms with Gasteiger partial charge in [0.2, 0.25) is 11.8 Å². The minimum absolute atomic E-state index is 0.0417. The predicted molar refractivity (Wildman–Crippen MR) is 103 cm³/mol. The van der Waals surface area contributed by atoms with E-state index in [0.29, 0.717) is 39.5 Å². The molecule has 0 spiro atoms. The van der Waals surface area contributed by atoms with E-state index in [9.17, 15) is 19.2 Å². The fraction of sp³-hybridized carbons (Fsp3) is 0.778. The van der Waals surface area contributed by atoms with Gasteiger partial charge in [-0.1, -0.05) is 0 Å². The van der Waals surface area contributed by atoms with Crippen molar-refractivity contribution < 1.29 is 49.1 Å². The molecule has 2 rings (SSSR count). The van der Waals surface area contributed by atoms with Gasteiger partial charge in [0.25, 0.3) is 0 Å². The Kier molecular flexibility index (Phi) is 14.4. The Bertz CT molecular complexity index is 509. The van der Waals surface area contributed by atoms with Crippen LogP contribution in [0, 0.1) is 11.8 Å². The zero-order valence-electron chi connectivity index (χ0n) is 17.4. The van der Waals surface area contributed by atoms with Gasteiger partial charge in [-0.2, -0.15) is 0 Å². The summed E-state index contributed by atoms with van der Waals surface area (Å²) in [5.41, 5.74) is 0. The lowest BCUT2D eigenvalue weighted by Gasteiger charge is -2.05. The number of carboxylic acid groups (broad SMARTS) is 2. The lowest BCUT2D eigenvalue weighted by Crippen LogP contribution is -2.20. The summed E-state index contributed by atoms with van der Waals surface area (Å²) in [5, 5.41) is 33.5. The van der Waals surface area contributed by atoms with E-state index in [1.165, 1.54) is 9.80 Å². The molecule has 0 aromatic heterocycles. The van der Waals surface area contributed by atoms with Crippen LogP contribution in [0.3, 0.4) is 0 Å². The molecule has 2 amide bonds. The average molecular weight is 436 g/mol. The fourth-order valence-corrected chi connectivity index (χ4v) is 2.51. The molecule has 30 heavy (non-hydrogen) atoms. The number of ether oxygens (including phenoxy) is 2. The van der Waals surface area contributed by atoms with Gasteiger partial charge >= 0.3 is 11.9 Å². The molecule has 2 unspecified atom stereocenters. The molecule has 174 valence electrons. The number of rotatable bonds is 9. The minimum atomic E-state index is -0.877. The van der Waals surface area contributed by atoms with Crippen LogP contribution >= 0.6 is 0 Å². The van der Waals surface area contributed by atoms with Crippen LogP contribution in [0.4, 0.5) is 0 Å². The maximum absolute atomic E-state index is 10.8. The van der Waals surface area contributed by atoms with Crippen LogP contribution in [-0.4, -0.2) is 121 Å². The third kappa shape index (κ3) is 11.7. The molecule has 0 saturated carbocycles. The molecule has 2 heterocycles. The van der Waals surface area contributed by atoms with Gasteiger partial charge in [-0.25, -0.2) is 0 Å². The van der Waals surface area contributed by atoms with E-state index in [-0.39, 0.29) is 37.9 Å². The zero-order valence-corrected chi connectivity index (χ0v) is 17.4. The lowest BCUT2D eigenvalue weighted by atomic mass is 10.1. The number of nitrogens with zero attached hydrogens (tertiary/aromatic N) is 2. The van der Waals surface area contributed by atoms with Crippen molar-refractivity contribution in [1.29, 1.82) is 0 Å². The van der Waals surface area contributed by atoms with E-state index < -0.39 is 23.8 Å². The first kappa shape index (κ1) is 27.7. The molecule has 2 saturated heterocycles. The fourth-order valence-electron chi connectivity index (χ4n) is 2.51. The standard InChI is InChI=1S/2C6H9NO3.C6H14O4/c2*1-7-3-4(6(9)10)2-5(7)8;7-1-3-9-5-6-10-4-2-8/h2*4H,2-3H2,1H3,(H,9,10);7-8H,1-6H2. The summed E-state index contributed by atoms with van der Waals surface area (Å²) in [6, 6.07) is 0. The Morgan fingerprint density at radius 2 is 1.13 bits per heavy atom. The highest BCUT2D eigenvalue weighted by Crippen LogP contribution is 2.15. The Morgan fingerprint density at radius 3 is 1.30 bits per heavy atom. The van der Waals surface area contributed by atoms with Gasteiger partial charge in [0, 0.05) is 40.0 Å². The molecule has 0 radical (unpaired) electrons. The van der Waals surface area contributed by atoms with E-state index in [4.69, 9.17) is 29.9 Å². The molecule has 0 aromatic carbocycles. The van der Waals surface area contributed by atoms with Crippen LogP contribution in [0.1, 0.15) is 12.8 Å². The number of aliphatic hydroxyl groups excluding tert-OH is 2. The third-order valence-electron chi connectivity index (χ3n) is 4.22. The van der Waals surface area contributed by atoms with Crippen molar-refractivity contribution in [2.45, 2.75) is 12.8 Å². The molecule has 2 aliphatic rings. The Morgan fingerprint density at radius 1 is 0.800 bits per heavy atom. The van der Waals surface area contributed by atoms with Gasteiger partial charge < -0.3 is 39.7 Å². The highest BCUT2D eigenvalue weighted by Gasteiger charge is 2.32. The van der Waals surface area contributed by atoms with E-state index in [1.54, 1.807) is 14.1 Å². The molecule has 0 aliphatic carbocycles. The molecular weight excluding hydrogens is 404 g/mol. The van der Waals surface area contributed by atoms with Gasteiger partial charge in [-0.05, 0) is 0 Å². The van der Waals surface area contributed by atoms with Crippen molar-refractivity contribution >= 4 is 23.8 Å². The second-order valence-corrected chi connectivity index (χ2v) is 6.70. The molecule has 2 aliphatic heterocycles. The summed E-state index contributed by atoms with van der Waals surface area (Å²) in [7, 11) is 3.23. The van der Waals surface area contributed by atoms with Crippen LogP contribution < -0.4 is 0 Å². The first-order chi connectivity index (χ1) is 14.1. The first-order valence-corrected chi connectivity index (χ1v) is 9.44. The highest BCUT2D eigenvalue weighted by molar-refractivity contribution is 5.86. The SMILES string of the molecule is CN1CC(C(=O)O)CC1=O.CN1CC(C(=O)O)CC1=O.OCCOCCOCCO. The monoisotopic (exact) mass is 436 g/mol. The summed E-state index contributed by atoms with van der Waals surface area (Å²) < 4.78 is 9.75. The normalized spacial score (nSPS) is 20.4. The van der Waals surface area contributed by atoms with Gasteiger partial charge in [-0.15, -0.1) is 0 Å². The summed E-state index contributed by atoms with van der Waals surface area (Å²) >= 11 is 0. The summed E-state index contributed by atoms with van der Waals surface area (Å²) in [6.07, 6.45) is 0.317. The largest absolute Gasteiger partial charge is 0.481 e. The van der Waals surface area contributed by atoms with Crippen LogP contribution in [0.25, 0.3) is 0 Å². The number of carbonyl (C=O) groups is 4. The van der Waals surface area contributed by atoms with Crippen molar-refractivity contribution in [3.8, 4) is 0 Å². The maximum atomic E-state index is 10.8. The van der Waals surface area contributed by atoms with Crippen molar-refractivity contribution in [2.24, 2.45) is 11.8 Å². The molecule has 2 atom stereocenters. The lowest BCUT2D eigenvalue weighted by molar-refractivity contribution is -0.142. The van der Waals surface area contributed by atoms with E-state index in [2.05, 4.69) is 0 Å². The molecule has 12 nitrogen and oxygen atoms in total. The first-order valence-electron chi connectivity index (χ1n) is 9.44. The quantitative estimate of drug-likeness (QED) is 0.299. The topological polar surface area (TPSA) is 174 Å². The second-order valence-electron chi connectivity index (χ2n) is 6.70. The summed E-state index contributed by atoms with van der Waals surface area (Å²) in [6.45, 7) is 2.44. The number of hydrogen-bond acceptors (Lipinski definition) is 8. The van der Waals surface area contributed by atoms with E-state index in [1.807, 2.05) is 0 Å². The molecule has 12 heteroatoms. The number of carboxylic acids is 2. The second kappa shape index (κ2) is 15.5. The van der Waals surface area contributed by atoms with Gasteiger partial charge in [0.05, 0.1) is 51.5 Å². The van der Waals surface area contributed by atoms with Gasteiger partial charge in [0.1, 0.15) is 0 Å². The Labute approximate surface area is 175 Å². The number of carbonyl (C=O) groups excluding carboxylic acids is 2. The third-order valence-corrected chi connectivity index (χ3v) is 4.22. The van der Waals surface area contributed by atoms with Gasteiger partial charge in [-0.3, -0.25) is 19.2 Å². The Hall–Kier alpha value is -2.28. The van der Waals surface area contributed by atoms with Crippen molar-refractivity contribution in [3.63, 3.8) is 0 Å². The van der Waals surface area contributed by atoms with Crippen molar-refractivity contribution in [1.82, 2.24) is 9.80 Å². The zero-order chi connectivity index (χ0) is 23.1. The summed E-state index contributed by atoms with van der Waals surface area (Å²) in [4.78, 5) is 45.0. The smallest absolute Gasteiger partial charge is 0.308 e. The van der Waals surface area contributed by atoms with Crippen LogP contribution in [-0.2, 0) is 28.7 Å². The number of aliphatic hydroxyl groups is 2. The summed E-state index contributed by atoms with van der Waals surface area (Å²) in [5.74, 6) is -2.88. The molecule has 4 N–H and O–H groups in total. The number of aliphatic carboxylic acids is 2. The van der Waals surface area contributed by atoms with Crippen LogP contribution in [0.5, 0.6) is 0 Å². The molecule has 0 aromatic rings. The van der Waals surface area contributed by atoms with Crippen molar-refractivity contribution in [2.75, 3.05) is 66.8 Å². The number of hydrogen-bond donors (Lipinski definition) is 4. The number of amides is 2. The predicted octanol–water partition coefficient (Wildman–Crippen LogP) is -1.90. The maximum Gasteiger partial charge on any atom is 0.308 e. The van der Waals surface area contributed by atoms with E-state index >= 15 is 0 Å². The Balaban J connectivity index is 0.000000420. The van der Waals surface area contributed by atoms with Crippen molar-refractivity contribution in [3.05, 3.63) is 0 Å². The minimum Gasteiger partial charge on any atom is -0.481 e. The van der Waals surface area contributed by atoms with E-state index in [0.717, 1.165) is 0 Å². The molecule has 2 fully saturated rings. The number of likely N-dealkylation sites (tertiary alicyclic amines) is 2.